The molecular weight excluding hydrogens is 286 g/mol. The van der Waals surface area contributed by atoms with Gasteiger partial charge in [0.05, 0.1) is 0 Å². The average Bonchev–Trinajstić information content (AvgIpc) is 2.47. The summed E-state index contributed by atoms with van der Waals surface area (Å²) >= 11 is 0. The van der Waals surface area contributed by atoms with Gasteiger partial charge < -0.3 is 9.25 Å². The fourth-order valence-corrected chi connectivity index (χ4v) is 3.14. The molecule has 22 heavy (non-hydrogen) atoms. The van der Waals surface area contributed by atoms with Gasteiger partial charge in [0, 0.05) is 13.1 Å². The third kappa shape index (κ3) is 3.04. The molecule has 3 rings (SSSR count). The lowest BCUT2D eigenvalue weighted by atomic mass is 9.84. The Balaban J connectivity index is 2.05. The van der Waals surface area contributed by atoms with Gasteiger partial charge in [0.25, 0.3) is 5.56 Å². The molecule has 118 valence electrons. The fourth-order valence-electron chi connectivity index (χ4n) is 3.14. The number of fused-ring (bicyclic) bond motifs is 1. The molecule has 0 aromatic carbocycles. The van der Waals surface area contributed by atoms with Crippen LogP contribution in [-0.2, 0) is 6.42 Å². The maximum atomic E-state index is 12.3. The number of hydroxylamine groups is 1. The number of aromatic nitrogens is 2. The summed E-state index contributed by atoms with van der Waals surface area (Å²) in [6.07, 6.45) is 6.65. The highest BCUT2D eigenvalue weighted by Crippen LogP contribution is 2.28. The van der Waals surface area contributed by atoms with Crippen molar-refractivity contribution in [2.75, 3.05) is 7.05 Å². The number of H-pyrrole nitrogens is 1. The summed E-state index contributed by atoms with van der Waals surface area (Å²) < 4.78 is 5.06. The average molecular weight is 305 g/mol. The van der Waals surface area contributed by atoms with Crippen molar-refractivity contribution < 1.29 is 9.25 Å². The third-order valence-electron chi connectivity index (χ3n) is 4.11. The minimum Gasteiger partial charge on any atom is -0.403 e. The van der Waals surface area contributed by atoms with E-state index < -0.39 is 5.63 Å². The first kappa shape index (κ1) is 14.8. The molecule has 2 aromatic heterocycles. The van der Waals surface area contributed by atoms with Crippen LogP contribution in [-0.4, -0.2) is 17.0 Å². The molecule has 0 atom stereocenters. The smallest absolute Gasteiger partial charge is 0.337 e. The minimum absolute atomic E-state index is 0.0207. The normalized spacial score (nSPS) is 16.0. The van der Waals surface area contributed by atoms with Crippen LogP contribution in [0.1, 0.15) is 37.7 Å². The lowest BCUT2D eigenvalue weighted by Gasteiger charge is -2.21. The molecule has 0 unspecified atom stereocenters. The second-order valence-corrected chi connectivity index (χ2v) is 5.66. The number of hydrogen-bond donors (Lipinski definition) is 2. The molecule has 7 nitrogen and oxygen atoms in total. The van der Waals surface area contributed by atoms with Gasteiger partial charge in [-0.1, -0.05) is 32.1 Å². The van der Waals surface area contributed by atoms with Crippen LogP contribution in [0.2, 0.25) is 0 Å². The van der Waals surface area contributed by atoms with E-state index in [9.17, 15) is 9.59 Å². The number of nitrogens with one attached hydrogen (secondary N) is 2. The first-order valence-electron chi connectivity index (χ1n) is 7.58. The summed E-state index contributed by atoms with van der Waals surface area (Å²) in [7, 11) is 1.54. The monoisotopic (exact) mass is 305 g/mol. The van der Waals surface area contributed by atoms with Gasteiger partial charge in [0.15, 0.2) is 0 Å². The van der Waals surface area contributed by atoms with Crippen LogP contribution in [0.3, 0.4) is 0 Å². The standard InChI is InChI=1S/C15H19N3O4/c1-16-22-15-17-13(20)12-10(7-9-5-3-2-4-6-9)8-11(19)21-14(12)18-15/h8-9,16H,2-7H2,1H3,(H,17,18,20). The number of rotatable bonds is 4. The van der Waals surface area contributed by atoms with Crippen LogP contribution >= 0.6 is 0 Å². The van der Waals surface area contributed by atoms with Crippen LogP contribution in [0.5, 0.6) is 6.01 Å². The molecule has 0 amide bonds. The molecule has 1 fully saturated rings. The Morgan fingerprint density at radius 2 is 2.14 bits per heavy atom. The number of aromatic amines is 1. The van der Waals surface area contributed by atoms with Crippen molar-refractivity contribution >= 4 is 11.1 Å². The Kier molecular flexibility index (Phi) is 4.24. The van der Waals surface area contributed by atoms with Gasteiger partial charge in [-0.3, -0.25) is 9.78 Å². The van der Waals surface area contributed by atoms with Crippen LogP contribution < -0.4 is 21.5 Å². The zero-order valence-electron chi connectivity index (χ0n) is 12.5. The molecule has 2 N–H and O–H groups in total. The molecule has 0 spiro atoms. The Morgan fingerprint density at radius 3 is 2.86 bits per heavy atom. The first-order valence-corrected chi connectivity index (χ1v) is 7.58. The summed E-state index contributed by atoms with van der Waals surface area (Å²) in [4.78, 5) is 35.5. The molecule has 1 aliphatic carbocycles. The van der Waals surface area contributed by atoms with Gasteiger partial charge in [-0.2, -0.15) is 10.5 Å². The highest BCUT2D eigenvalue weighted by atomic mass is 16.7. The van der Waals surface area contributed by atoms with Crippen molar-refractivity contribution in [3.63, 3.8) is 0 Å². The van der Waals surface area contributed by atoms with E-state index in [4.69, 9.17) is 9.25 Å². The first-order chi connectivity index (χ1) is 10.7. The van der Waals surface area contributed by atoms with E-state index in [0.717, 1.165) is 12.8 Å². The lowest BCUT2D eigenvalue weighted by Crippen LogP contribution is -2.20. The van der Waals surface area contributed by atoms with Crippen molar-refractivity contribution in [3.8, 4) is 6.01 Å². The summed E-state index contributed by atoms with van der Waals surface area (Å²) in [5.74, 6) is 0.506. The van der Waals surface area contributed by atoms with Crippen LogP contribution in [0.4, 0.5) is 0 Å². The molecule has 2 aromatic rings. The van der Waals surface area contributed by atoms with Crippen LogP contribution in [0.15, 0.2) is 20.1 Å². The van der Waals surface area contributed by atoms with Gasteiger partial charge in [-0.25, -0.2) is 4.79 Å². The fraction of sp³-hybridized carbons (Fsp3) is 0.533. The largest absolute Gasteiger partial charge is 0.403 e. The van der Waals surface area contributed by atoms with Crippen molar-refractivity contribution in [1.82, 2.24) is 15.4 Å². The van der Waals surface area contributed by atoms with Gasteiger partial charge in [-0.15, -0.1) is 0 Å². The molecule has 0 bridgehead atoms. The van der Waals surface area contributed by atoms with Crippen LogP contribution in [0, 0.1) is 5.92 Å². The topological polar surface area (TPSA) is 97.2 Å². The van der Waals surface area contributed by atoms with E-state index in [-0.39, 0.29) is 17.3 Å². The van der Waals surface area contributed by atoms with E-state index >= 15 is 0 Å². The summed E-state index contributed by atoms with van der Waals surface area (Å²) in [5.41, 5.74) is 2.30. The van der Waals surface area contributed by atoms with Gasteiger partial charge in [0.2, 0.25) is 5.71 Å². The molecule has 0 aliphatic heterocycles. The van der Waals surface area contributed by atoms with E-state index in [1.165, 1.54) is 25.3 Å². The Labute approximate surface area is 126 Å². The van der Waals surface area contributed by atoms with Gasteiger partial charge in [0.1, 0.15) is 5.39 Å². The van der Waals surface area contributed by atoms with E-state index in [2.05, 4.69) is 15.4 Å². The maximum absolute atomic E-state index is 12.3. The maximum Gasteiger partial charge on any atom is 0.337 e. The van der Waals surface area contributed by atoms with E-state index in [1.54, 1.807) is 7.05 Å². The van der Waals surface area contributed by atoms with Gasteiger partial charge in [-0.05, 0) is 17.9 Å². The zero-order valence-corrected chi connectivity index (χ0v) is 12.5. The van der Waals surface area contributed by atoms with Gasteiger partial charge >= 0.3 is 11.6 Å². The lowest BCUT2D eigenvalue weighted by molar-refractivity contribution is 0.203. The Bertz CT molecular complexity index is 774. The second-order valence-electron chi connectivity index (χ2n) is 5.66. The molecule has 7 heteroatoms. The molecular formula is C15H19N3O4. The van der Waals surface area contributed by atoms with Crippen molar-refractivity contribution in [2.24, 2.45) is 5.92 Å². The van der Waals surface area contributed by atoms with Crippen molar-refractivity contribution in [1.29, 1.82) is 0 Å². The summed E-state index contributed by atoms with van der Waals surface area (Å²) in [5, 5.41) is 0.341. The zero-order chi connectivity index (χ0) is 15.5. The highest BCUT2D eigenvalue weighted by Gasteiger charge is 2.19. The minimum atomic E-state index is -0.494. The van der Waals surface area contributed by atoms with E-state index in [0.29, 0.717) is 23.3 Å². The van der Waals surface area contributed by atoms with Crippen molar-refractivity contribution in [2.45, 2.75) is 38.5 Å². The predicted molar refractivity (Wildman–Crippen MR) is 80.9 cm³/mol. The SMILES string of the molecule is CNOc1nc2oc(=O)cc(CC3CCCCC3)c2c(=O)[nH]1. The number of hydrogen-bond acceptors (Lipinski definition) is 6. The number of nitrogens with zero attached hydrogens (tertiary/aromatic N) is 1. The summed E-state index contributed by atoms with van der Waals surface area (Å²) in [6.45, 7) is 0. The molecule has 1 aliphatic rings. The Hall–Kier alpha value is -2.15. The highest BCUT2D eigenvalue weighted by molar-refractivity contribution is 5.75. The second kappa shape index (κ2) is 6.31. The van der Waals surface area contributed by atoms with Crippen LogP contribution in [0.25, 0.3) is 11.1 Å². The Morgan fingerprint density at radius 1 is 1.36 bits per heavy atom. The van der Waals surface area contributed by atoms with Crippen molar-refractivity contribution in [3.05, 3.63) is 32.4 Å². The quantitative estimate of drug-likeness (QED) is 0.831. The third-order valence-corrected chi connectivity index (χ3v) is 4.11. The molecule has 0 saturated heterocycles. The summed E-state index contributed by atoms with van der Waals surface area (Å²) in [6, 6.07) is 1.38. The van der Waals surface area contributed by atoms with E-state index in [1.807, 2.05) is 0 Å². The molecule has 2 heterocycles. The molecule has 1 saturated carbocycles. The molecule has 0 radical (unpaired) electrons. The predicted octanol–water partition coefficient (Wildman–Crippen LogP) is 1.51.